The smallest absolute Gasteiger partial charge is 0.337 e. The Hall–Kier alpha value is -4.66. The molecule has 1 aromatic heterocycles. The molecule has 0 saturated carbocycles. The van der Waals surface area contributed by atoms with Gasteiger partial charge in [0.05, 0.1) is 29.6 Å². The van der Waals surface area contributed by atoms with Crippen molar-refractivity contribution < 1.29 is 29.3 Å². The molecule has 0 aliphatic rings. The van der Waals surface area contributed by atoms with Crippen molar-refractivity contribution in [3.05, 3.63) is 102 Å². The van der Waals surface area contributed by atoms with Gasteiger partial charge < -0.3 is 30.0 Å². The number of rotatable bonds is 8. The predicted molar refractivity (Wildman–Crippen MR) is 139 cm³/mol. The second-order valence-electron chi connectivity index (χ2n) is 8.45. The number of esters is 1. The summed E-state index contributed by atoms with van der Waals surface area (Å²) in [6.07, 6.45) is 0. The van der Waals surface area contributed by atoms with E-state index >= 15 is 0 Å². The van der Waals surface area contributed by atoms with E-state index in [9.17, 15) is 19.8 Å². The van der Waals surface area contributed by atoms with Crippen LogP contribution in [0, 0.1) is 0 Å². The molecule has 0 radical (unpaired) electrons. The number of nitrogens with zero attached hydrogens (tertiary/aromatic N) is 1. The van der Waals surface area contributed by atoms with Crippen LogP contribution in [0.1, 0.15) is 21.5 Å². The maximum atomic E-state index is 12.4. The van der Waals surface area contributed by atoms with Crippen molar-refractivity contribution in [1.29, 1.82) is 0 Å². The monoisotopic (exact) mass is 496 g/mol. The van der Waals surface area contributed by atoms with Crippen LogP contribution in [-0.4, -0.2) is 33.3 Å². The molecule has 4 aromatic carbocycles. The lowest BCUT2D eigenvalue weighted by Crippen LogP contribution is -2.13. The molecule has 186 valence electrons. The first-order chi connectivity index (χ1) is 18.0. The van der Waals surface area contributed by atoms with Crippen molar-refractivity contribution in [1.82, 2.24) is 4.57 Å². The summed E-state index contributed by atoms with van der Waals surface area (Å²) in [7, 11) is 0. The third-order valence-corrected chi connectivity index (χ3v) is 6.09. The summed E-state index contributed by atoms with van der Waals surface area (Å²) < 4.78 is 13.6. The van der Waals surface area contributed by atoms with Crippen molar-refractivity contribution in [2.75, 3.05) is 6.61 Å². The van der Waals surface area contributed by atoms with E-state index < -0.39 is 18.5 Å². The van der Waals surface area contributed by atoms with Crippen molar-refractivity contribution >= 4 is 33.7 Å². The van der Waals surface area contributed by atoms with Crippen LogP contribution >= 0.6 is 0 Å². The zero-order valence-corrected chi connectivity index (χ0v) is 19.8. The standard InChI is InChI=1S/C29H24N2O6/c30-29(35)21-10-6-11-22-27(21)28-23(13-18(16-32)14-25(28)37-26(34)17-33)31(22)15-19-7-4-5-12-24(19)36-20-8-2-1-3-9-20/h1-14,32-33H,15-17H2,(H2,30,35). The minimum Gasteiger partial charge on any atom is -0.457 e. The summed E-state index contributed by atoms with van der Waals surface area (Å²) in [5.74, 6) is -0.0422. The minimum atomic E-state index is -0.865. The number of aliphatic hydroxyl groups is 2. The summed E-state index contributed by atoms with van der Waals surface area (Å²) in [4.78, 5) is 24.4. The molecule has 0 spiro atoms. The summed E-state index contributed by atoms with van der Waals surface area (Å²) in [5.41, 5.74) is 8.62. The topological polar surface area (TPSA) is 124 Å². The molecule has 1 heterocycles. The maximum Gasteiger partial charge on any atom is 0.337 e. The molecule has 0 saturated heterocycles. The molecule has 5 rings (SSSR count). The first kappa shape index (κ1) is 24.1. The molecular formula is C29H24N2O6. The fourth-order valence-corrected chi connectivity index (χ4v) is 4.50. The lowest BCUT2D eigenvalue weighted by atomic mass is 10.0. The number of ether oxygens (including phenoxy) is 2. The number of hydrogen-bond donors (Lipinski definition) is 3. The third kappa shape index (κ3) is 4.63. The first-order valence-corrected chi connectivity index (χ1v) is 11.6. The Bertz CT molecular complexity index is 1620. The Balaban J connectivity index is 1.76. The Kier molecular flexibility index (Phi) is 6.59. The molecule has 8 nitrogen and oxygen atoms in total. The van der Waals surface area contributed by atoms with Crippen LogP contribution in [0.3, 0.4) is 0 Å². The number of fused-ring (bicyclic) bond motifs is 3. The second-order valence-corrected chi connectivity index (χ2v) is 8.45. The molecular weight excluding hydrogens is 472 g/mol. The highest BCUT2D eigenvalue weighted by Gasteiger charge is 2.22. The average molecular weight is 497 g/mol. The van der Waals surface area contributed by atoms with Crippen molar-refractivity contribution in [3.63, 3.8) is 0 Å². The van der Waals surface area contributed by atoms with E-state index in [1.165, 1.54) is 6.07 Å². The van der Waals surface area contributed by atoms with Crippen LogP contribution in [0.5, 0.6) is 17.2 Å². The van der Waals surface area contributed by atoms with Crippen LogP contribution < -0.4 is 15.2 Å². The van der Waals surface area contributed by atoms with Gasteiger partial charge in [-0.25, -0.2) is 4.79 Å². The predicted octanol–water partition coefficient (Wildman–Crippen LogP) is 4.12. The molecule has 4 N–H and O–H groups in total. The van der Waals surface area contributed by atoms with E-state index in [0.29, 0.717) is 45.4 Å². The number of aromatic nitrogens is 1. The molecule has 0 bridgehead atoms. The number of aliphatic hydroxyl groups excluding tert-OH is 2. The molecule has 0 unspecified atom stereocenters. The van der Waals surface area contributed by atoms with Gasteiger partial charge in [0, 0.05) is 16.5 Å². The van der Waals surface area contributed by atoms with Gasteiger partial charge in [0.1, 0.15) is 23.9 Å². The van der Waals surface area contributed by atoms with Gasteiger partial charge in [-0.1, -0.05) is 42.5 Å². The Morgan fingerprint density at radius 3 is 2.30 bits per heavy atom. The number of carbonyl (C=O) groups excluding carboxylic acids is 2. The number of benzene rings is 4. The summed E-state index contributed by atoms with van der Waals surface area (Å²) >= 11 is 0. The number of nitrogens with two attached hydrogens (primary N) is 1. The fraction of sp³-hybridized carbons (Fsp3) is 0.103. The molecule has 0 aliphatic heterocycles. The summed E-state index contributed by atoms with van der Waals surface area (Å²) in [6, 6.07) is 25.5. The van der Waals surface area contributed by atoms with Crippen LogP contribution in [0.4, 0.5) is 0 Å². The van der Waals surface area contributed by atoms with Crippen molar-refractivity contribution in [2.45, 2.75) is 13.2 Å². The normalized spacial score (nSPS) is 11.1. The van der Waals surface area contributed by atoms with Gasteiger partial charge in [0.15, 0.2) is 0 Å². The SMILES string of the molecule is NC(=O)c1cccc2c1c1c(OC(=O)CO)cc(CO)cc1n2Cc1ccccc1Oc1ccccc1. The fourth-order valence-electron chi connectivity index (χ4n) is 4.50. The number of carbonyl (C=O) groups is 2. The molecule has 37 heavy (non-hydrogen) atoms. The van der Waals surface area contributed by atoms with Crippen LogP contribution in [0.15, 0.2) is 84.9 Å². The van der Waals surface area contributed by atoms with Gasteiger partial charge in [-0.3, -0.25) is 4.79 Å². The number of primary amides is 1. The Labute approximate surface area is 212 Å². The average Bonchev–Trinajstić information content (AvgIpc) is 3.23. The van der Waals surface area contributed by atoms with Crippen LogP contribution in [0.2, 0.25) is 0 Å². The van der Waals surface area contributed by atoms with E-state index in [4.69, 9.17) is 15.2 Å². The number of hydrogen-bond acceptors (Lipinski definition) is 6. The lowest BCUT2D eigenvalue weighted by Gasteiger charge is -2.14. The highest BCUT2D eigenvalue weighted by atomic mass is 16.5. The molecule has 1 amide bonds. The summed E-state index contributed by atoms with van der Waals surface area (Å²) in [5, 5.41) is 20.2. The Morgan fingerprint density at radius 2 is 1.57 bits per heavy atom. The highest BCUT2D eigenvalue weighted by molar-refractivity contribution is 6.20. The van der Waals surface area contributed by atoms with Crippen LogP contribution in [0.25, 0.3) is 21.8 Å². The molecule has 0 fully saturated rings. The Morgan fingerprint density at radius 1 is 0.811 bits per heavy atom. The van der Waals surface area contributed by atoms with E-state index in [2.05, 4.69) is 0 Å². The van der Waals surface area contributed by atoms with E-state index in [1.807, 2.05) is 65.2 Å². The quantitative estimate of drug-likeness (QED) is 0.219. The van der Waals surface area contributed by atoms with Gasteiger partial charge in [0.2, 0.25) is 5.91 Å². The molecule has 0 atom stereocenters. The van der Waals surface area contributed by atoms with Gasteiger partial charge in [0.25, 0.3) is 0 Å². The zero-order valence-electron chi connectivity index (χ0n) is 19.8. The second kappa shape index (κ2) is 10.1. The minimum absolute atomic E-state index is 0.117. The highest BCUT2D eigenvalue weighted by Crippen LogP contribution is 2.40. The third-order valence-electron chi connectivity index (χ3n) is 6.09. The van der Waals surface area contributed by atoms with E-state index in [1.54, 1.807) is 18.2 Å². The molecule has 8 heteroatoms. The largest absolute Gasteiger partial charge is 0.457 e. The maximum absolute atomic E-state index is 12.4. The zero-order chi connectivity index (χ0) is 25.9. The van der Waals surface area contributed by atoms with Gasteiger partial charge in [-0.05, 0) is 48.0 Å². The lowest BCUT2D eigenvalue weighted by molar-refractivity contribution is -0.137. The molecule has 5 aromatic rings. The van der Waals surface area contributed by atoms with E-state index in [-0.39, 0.29) is 17.9 Å². The number of para-hydroxylation sites is 2. The first-order valence-electron chi connectivity index (χ1n) is 11.6. The molecule has 0 aliphatic carbocycles. The van der Waals surface area contributed by atoms with Crippen LogP contribution in [-0.2, 0) is 17.9 Å². The van der Waals surface area contributed by atoms with Gasteiger partial charge >= 0.3 is 5.97 Å². The number of amides is 1. The van der Waals surface area contributed by atoms with Gasteiger partial charge in [-0.15, -0.1) is 0 Å². The van der Waals surface area contributed by atoms with Crippen molar-refractivity contribution in [3.8, 4) is 17.2 Å². The summed E-state index contributed by atoms with van der Waals surface area (Å²) in [6.45, 7) is -0.790. The van der Waals surface area contributed by atoms with Gasteiger partial charge in [-0.2, -0.15) is 0 Å². The van der Waals surface area contributed by atoms with E-state index in [0.717, 1.165) is 5.56 Å². The van der Waals surface area contributed by atoms with Crippen molar-refractivity contribution in [2.24, 2.45) is 5.73 Å².